The minimum absolute atomic E-state index is 0. The molecule has 0 radical (unpaired) electrons. The van der Waals surface area contributed by atoms with E-state index in [2.05, 4.69) is 94.3 Å². The number of carbonyl (C=O) groups excluding carboxylic acids is 2. The van der Waals surface area contributed by atoms with Crippen molar-refractivity contribution < 1.29 is 116 Å². The van der Waals surface area contributed by atoms with Crippen LogP contribution in [0.15, 0.2) is 0 Å². The summed E-state index contributed by atoms with van der Waals surface area (Å²) in [5, 5.41) is 0. The summed E-state index contributed by atoms with van der Waals surface area (Å²) in [6.45, 7) is 2.47. The maximum atomic E-state index is 12.1. The molecule has 0 aliphatic rings. The third kappa shape index (κ3) is 36.3. The molecule has 0 spiro atoms. The summed E-state index contributed by atoms with van der Waals surface area (Å²) >= 11 is 0. The van der Waals surface area contributed by atoms with Crippen molar-refractivity contribution in [3.05, 3.63) is 0 Å². The predicted molar refractivity (Wildman–Crippen MR) is 180 cm³/mol. The smallest absolute Gasteiger partial charge is 0.790 e. The first kappa shape index (κ1) is 47.3. The summed E-state index contributed by atoms with van der Waals surface area (Å²) in [6.07, 6.45) is 7.09. The maximum absolute atomic E-state index is 12.1. The fourth-order valence-corrected chi connectivity index (χ4v) is 2.95. The van der Waals surface area contributed by atoms with E-state index in [0.717, 1.165) is 25.7 Å². The van der Waals surface area contributed by atoms with Crippen LogP contribution in [0.1, 0.15) is 90.2 Å². The van der Waals surface area contributed by atoms with E-state index in [4.69, 9.17) is 9.47 Å². The largest absolute Gasteiger partial charge is 1.00 e. The summed E-state index contributed by atoms with van der Waals surface area (Å²) in [6, 6.07) is 0. The van der Waals surface area contributed by atoms with Gasteiger partial charge in [-0.1, -0.05) is 57.8 Å². The molecule has 0 aromatic heterocycles. The first-order chi connectivity index (χ1) is 18.8. The average molecular weight is 655 g/mol. The van der Waals surface area contributed by atoms with Crippen LogP contribution in [0.4, 0.5) is 0 Å². The second-order valence-electron chi connectivity index (χ2n) is 7.55. The van der Waals surface area contributed by atoms with Crippen molar-refractivity contribution in [1.82, 2.24) is 0 Å². The Balaban J connectivity index is -0.0000000602. The van der Waals surface area contributed by atoms with Crippen LogP contribution >= 0.6 is 21.3 Å². The Labute approximate surface area is 320 Å². The van der Waals surface area contributed by atoms with Crippen molar-refractivity contribution in [2.75, 3.05) is 13.2 Å². The molecule has 0 saturated carbocycles. The SMILES string of the molecule is CC#CC#CC#CC#CC#CC#CC#CC(=O)OC[C@H](COP(=O)([O-])[O-])OC(=O)CCCCCCCCCC.S.[HH].[HH].[HH].[HH].[HH].[HH].[HH].[HH].[HH].[HH].[HH].[HH].[HH].[Na+].[Na+]. The molecule has 8 nitrogen and oxygen atoms in total. The van der Waals surface area contributed by atoms with Gasteiger partial charge >= 0.3 is 71.1 Å². The number of phosphoric acid groups is 1. The standard InChI is InChI=1S/C30H31O8P.2Na.H2S.13H2/c1-3-5-7-9-11-13-14-15-16-17-19-20-22-24-29(31)36-26-28(27-37-39(33,34)35)38-30(32)25-23-21-18-12-10-8-6-4-2;;;;;;;;;;;;;;;;/h28H,4,6,8,10,12,18,21,23,25-27H2,1-2H3,(H2,33,34,35);;;1H2;13*1H/q;2*+1;;;;;;;;;;;;;;/p-2/t28-;;;;;;;;;;;;;;;;/m1................/s1. The third-order valence-corrected chi connectivity index (χ3v) is 4.79. The molecule has 0 aliphatic carbocycles. The molecule has 0 aromatic rings. The van der Waals surface area contributed by atoms with Crippen LogP contribution in [0.25, 0.3) is 0 Å². The number of hydrogen-bond acceptors (Lipinski definition) is 8. The van der Waals surface area contributed by atoms with Gasteiger partial charge in [-0.2, -0.15) is 13.5 Å². The molecule has 0 amide bonds. The summed E-state index contributed by atoms with van der Waals surface area (Å²) in [5.41, 5.74) is 0. The molecule has 0 unspecified atom stereocenters. The van der Waals surface area contributed by atoms with Crippen LogP contribution in [-0.2, 0) is 28.2 Å². The Morgan fingerprint density at radius 3 is 1.67 bits per heavy atom. The number of unbranched alkanes of at least 4 members (excludes halogenated alkanes) is 7. The van der Waals surface area contributed by atoms with Gasteiger partial charge in [0.1, 0.15) is 6.61 Å². The first-order valence-electron chi connectivity index (χ1n) is 12.2. The molecule has 12 heteroatoms. The molecular weight excluding hydrogens is 597 g/mol. The topological polar surface area (TPSA) is 125 Å². The van der Waals surface area contributed by atoms with E-state index in [1.165, 1.54) is 19.3 Å². The molecule has 0 N–H and O–H groups in total. The van der Waals surface area contributed by atoms with E-state index in [1.807, 2.05) is 0 Å². The Kier molecular flexibility index (Phi) is 38.0. The summed E-state index contributed by atoms with van der Waals surface area (Å²) in [4.78, 5) is 45.4. The van der Waals surface area contributed by atoms with Gasteiger partial charge in [0, 0.05) is 30.9 Å². The fraction of sp³-hybridized carbons (Fsp3) is 0.467. The number of carbonyl (C=O) groups is 2. The van der Waals surface area contributed by atoms with E-state index in [0.29, 0.717) is 6.42 Å². The molecular formula is C30H57Na2O8PS. The van der Waals surface area contributed by atoms with Crippen LogP contribution in [0, 0.1) is 82.9 Å². The van der Waals surface area contributed by atoms with Crippen LogP contribution in [0.5, 0.6) is 0 Å². The average Bonchev–Trinajstić information content (AvgIpc) is 2.89. The summed E-state index contributed by atoms with van der Waals surface area (Å²) in [7, 11) is -5.31. The predicted octanol–water partition coefficient (Wildman–Crippen LogP) is -0.820. The summed E-state index contributed by atoms with van der Waals surface area (Å²) in [5.74, 6) is 32.0. The van der Waals surface area contributed by atoms with Crippen LogP contribution < -0.4 is 68.9 Å². The number of rotatable bonds is 15. The Morgan fingerprint density at radius 1 is 0.738 bits per heavy atom. The third-order valence-electron chi connectivity index (χ3n) is 4.33. The van der Waals surface area contributed by atoms with Gasteiger partial charge in [-0.05, 0) is 84.4 Å². The number of esters is 2. The first-order valence-corrected chi connectivity index (χ1v) is 13.7. The molecule has 0 saturated heterocycles. The number of ether oxygens (including phenoxy) is 2. The van der Waals surface area contributed by atoms with Gasteiger partial charge in [0.05, 0.1) is 14.4 Å². The second-order valence-corrected chi connectivity index (χ2v) is 8.71. The van der Waals surface area contributed by atoms with E-state index in [-0.39, 0.29) is 97.6 Å². The molecule has 0 heterocycles. The molecule has 0 fully saturated rings. The maximum Gasteiger partial charge on any atom is 1.00 e. The van der Waals surface area contributed by atoms with Crippen molar-refractivity contribution in [1.29, 1.82) is 0 Å². The quantitative estimate of drug-likeness (QED) is 0.0561. The van der Waals surface area contributed by atoms with E-state index < -0.39 is 39.1 Å². The van der Waals surface area contributed by atoms with Crippen LogP contribution in [0.3, 0.4) is 0 Å². The second kappa shape index (κ2) is 33.8. The van der Waals surface area contributed by atoms with Gasteiger partial charge < -0.3 is 28.3 Å². The van der Waals surface area contributed by atoms with E-state index in [9.17, 15) is 23.9 Å². The van der Waals surface area contributed by atoms with Crippen molar-refractivity contribution in [3.8, 4) is 82.9 Å². The Bertz CT molecular complexity index is 1340. The van der Waals surface area contributed by atoms with Crippen molar-refractivity contribution in [2.24, 2.45) is 0 Å². The Hall–Kier alpha value is -1.68. The fourth-order valence-electron chi connectivity index (χ4n) is 2.60. The van der Waals surface area contributed by atoms with Gasteiger partial charge in [-0.15, -0.1) is 0 Å². The molecule has 42 heavy (non-hydrogen) atoms. The van der Waals surface area contributed by atoms with Crippen LogP contribution in [-0.4, -0.2) is 31.3 Å². The van der Waals surface area contributed by atoms with Gasteiger partial charge in [0.15, 0.2) is 6.10 Å². The van der Waals surface area contributed by atoms with Gasteiger partial charge in [-0.3, -0.25) is 4.79 Å². The molecule has 238 valence electrons. The minimum Gasteiger partial charge on any atom is -0.790 e. The molecule has 0 rings (SSSR count). The molecule has 0 aliphatic heterocycles. The monoisotopic (exact) mass is 654 g/mol. The minimum atomic E-state index is -5.31. The zero-order valence-electron chi connectivity index (χ0n) is 24.6. The van der Waals surface area contributed by atoms with E-state index >= 15 is 0 Å². The van der Waals surface area contributed by atoms with Crippen molar-refractivity contribution in [2.45, 2.75) is 77.7 Å². The molecule has 0 aromatic carbocycles. The van der Waals surface area contributed by atoms with E-state index in [1.54, 1.807) is 6.92 Å². The Morgan fingerprint density at radius 2 is 1.19 bits per heavy atom. The summed E-state index contributed by atoms with van der Waals surface area (Å²) < 4.78 is 24.9. The molecule has 1 atom stereocenters. The zero-order chi connectivity index (χ0) is 29.0. The molecule has 0 bridgehead atoms. The van der Waals surface area contributed by atoms with Gasteiger partial charge in [0.2, 0.25) is 0 Å². The van der Waals surface area contributed by atoms with Gasteiger partial charge in [0.25, 0.3) is 0 Å². The normalized spacial score (nSPS) is 8.86. The van der Waals surface area contributed by atoms with Crippen LogP contribution in [0.2, 0.25) is 0 Å². The number of hydrogen-bond donors (Lipinski definition) is 0. The van der Waals surface area contributed by atoms with Crippen molar-refractivity contribution >= 4 is 33.3 Å². The van der Waals surface area contributed by atoms with Gasteiger partial charge in [-0.25, -0.2) is 4.79 Å². The van der Waals surface area contributed by atoms with Crippen molar-refractivity contribution in [3.63, 3.8) is 0 Å². The zero-order valence-corrected chi connectivity index (χ0v) is 30.5. The number of phosphoric ester groups is 1.